The summed E-state index contributed by atoms with van der Waals surface area (Å²) in [5.74, 6) is -2.20. The Hall–Kier alpha value is -2.57. The summed E-state index contributed by atoms with van der Waals surface area (Å²) in [6.07, 6.45) is -0.145. The number of aromatic carboxylic acids is 1. The molecule has 0 aliphatic rings. The smallest absolute Gasteiger partial charge is 0.356 e. The number of nitrogens with zero attached hydrogens (tertiary/aromatic N) is 2. The summed E-state index contributed by atoms with van der Waals surface area (Å²) in [6.45, 7) is 0. The van der Waals surface area contributed by atoms with E-state index in [0.29, 0.717) is 0 Å². The topological polar surface area (TPSA) is 112 Å². The predicted octanol–water partition coefficient (Wildman–Crippen LogP) is 0.755. The van der Waals surface area contributed by atoms with Gasteiger partial charge in [0, 0.05) is 6.42 Å². The molecule has 0 spiro atoms. The van der Waals surface area contributed by atoms with Crippen LogP contribution in [0.4, 0.5) is 0 Å². The number of rotatable bonds is 4. The molecule has 0 saturated carbocycles. The van der Waals surface area contributed by atoms with E-state index in [1.807, 2.05) is 0 Å². The number of hydrogen-bond acceptors (Lipinski definition) is 4. The molecule has 0 aliphatic carbocycles. The highest BCUT2D eigenvalue weighted by Crippen LogP contribution is 2.20. The molecular weight excluding hydrogens is 240 g/mol. The van der Waals surface area contributed by atoms with Crippen LogP contribution in [-0.4, -0.2) is 36.6 Å². The quantitative estimate of drug-likeness (QED) is 0.738. The highest BCUT2D eigenvalue weighted by Gasteiger charge is 2.18. The molecule has 0 saturated heterocycles. The van der Waals surface area contributed by atoms with Crippen molar-refractivity contribution in [3.8, 4) is 5.88 Å². The second-order valence-electron chi connectivity index (χ2n) is 3.68. The normalized spacial score (nSPS) is 10.7. The number of aliphatic carboxylic acids is 1. The summed E-state index contributed by atoms with van der Waals surface area (Å²) >= 11 is 0. The molecule has 7 nitrogen and oxygen atoms in total. The summed E-state index contributed by atoms with van der Waals surface area (Å²) in [4.78, 5) is 25.4. The van der Waals surface area contributed by atoms with Crippen LogP contribution in [0.2, 0.25) is 0 Å². The van der Waals surface area contributed by atoms with E-state index in [1.165, 1.54) is 22.6 Å². The van der Waals surface area contributed by atoms with Crippen molar-refractivity contribution in [1.82, 2.24) is 9.38 Å². The van der Waals surface area contributed by atoms with Crippen LogP contribution >= 0.6 is 0 Å². The molecule has 0 fully saturated rings. The molecule has 0 atom stereocenters. The van der Waals surface area contributed by atoms with Gasteiger partial charge >= 0.3 is 11.9 Å². The van der Waals surface area contributed by atoms with Gasteiger partial charge < -0.3 is 15.3 Å². The van der Waals surface area contributed by atoms with Crippen molar-refractivity contribution >= 4 is 17.5 Å². The average molecular weight is 250 g/mol. The maximum absolute atomic E-state index is 11.0. The maximum Gasteiger partial charge on any atom is 0.356 e. The SMILES string of the molecule is O=C(O)CCc1nc(C(=O)O)c2cccc(O)n12. The minimum Gasteiger partial charge on any atom is -0.494 e. The summed E-state index contributed by atoms with van der Waals surface area (Å²) < 4.78 is 1.24. The second kappa shape index (κ2) is 4.36. The van der Waals surface area contributed by atoms with Gasteiger partial charge in [-0.3, -0.25) is 9.20 Å². The van der Waals surface area contributed by atoms with E-state index in [-0.39, 0.29) is 35.8 Å². The molecule has 0 unspecified atom stereocenters. The lowest BCUT2D eigenvalue weighted by molar-refractivity contribution is -0.137. The predicted molar refractivity (Wildman–Crippen MR) is 59.8 cm³/mol. The van der Waals surface area contributed by atoms with Gasteiger partial charge in [0.25, 0.3) is 0 Å². The van der Waals surface area contributed by atoms with Crippen molar-refractivity contribution in [2.45, 2.75) is 12.8 Å². The zero-order valence-corrected chi connectivity index (χ0v) is 9.20. The molecule has 0 radical (unpaired) electrons. The number of carboxylic acid groups (broad SMARTS) is 2. The summed E-state index contributed by atoms with van der Waals surface area (Å²) in [6, 6.07) is 4.38. The zero-order chi connectivity index (χ0) is 13.3. The molecule has 0 amide bonds. The highest BCUT2D eigenvalue weighted by molar-refractivity contribution is 5.93. The number of imidazole rings is 1. The van der Waals surface area contributed by atoms with Gasteiger partial charge in [0.15, 0.2) is 11.6 Å². The van der Waals surface area contributed by atoms with Crippen molar-refractivity contribution in [3.63, 3.8) is 0 Å². The van der Waals surface area contributed by atoms with Crippen molar-refractivity contribution in [1.29, 1.82) is 0 Å². The number of pyridine rings is 1. The Kier molecular flexibility index (Phi) is 2.88. The molecule has 2 heterocycles. The molecule has 2 aromatic rings. The third-order valence-corrected chi connectivity index (χ3v) is 2.48. The van der Waals surface area contributed by atoms with E-state index < -0.39 is 11.9 Å². The lowest BCUT2D eigenvalue weighted by Gasteiger charge is -2.01. The van der Waals surface area contributed by atoms with E-state index in [9.17, 15) is 14.7 Å². The second-order valence-corrected chi connectivity index (χ2v) is 3.68. The highest BCUT2D eigenvalue weighted by atomic mass is 16.4. The number of aromatic hydroxyl groups is 1. The molecule has 94 valence electrons. The fourth-order valence-electron chi connectivity index (χ4n) is 1.73. The van der Waals surface area contributed by atoms with E-state index >= 15 is 0 Å². The van der Waals surface area contributed by atoms with Crippen LogP contribution in [0.25, 0.3) is 5.52 Å². The Morgan fingerprint density at radius 1 is 1.28 bits per heavy atom. The first-order valence-electron chi connectivity index (χ1n) is 5.15. The van der Waals surface area contributed by atoms with E-state index in [1.54, 1.807) is 0 Å². The first-order valence-corrected chi connectivity index (χ1v) is 5.15. The molecule has 7 heteroatoms. The van der Waals surface area contributed by atoms with Gasteiger partial charge in [-0.15, -0.1) is 0 Å². The average Bonchev–Trinajstić information content (AvgIpc) is 2.67. The van der Waals surface area contributed by atoms with Gasteiger partial charge in [-0.2, -0.15) is 0 Å². The Bertz CT molecular complexity index is 632. The van der Waals surface area contributed by atoms with Crippen LogP contribution in [0.5, 0.6) is 5.88 Å². The molecule has 0 aromatic carbocycles. The van der Waals surface area contributed by atoms with Crippen LogP contribution in [0.15, 0.2) is 18.2 Å². The molecule has 3 N–H and O–H groups in total. The molecule has 18 heavy (non-hydrogen) atoms. The van der Waals surface area contributed by atoms with E-state index in [0.717, 1.165) is 0 Å². The lowest BCUT2D eigenvalue weighted by atomic mass is 10.3. The molecule has 0 bridgehead atoms. The Morgan fingerprint density at radius 2 is 2.00 bits per heavy atom. The molecular formula is C11H10N2O5. The zero-order valence-electron chi connectivity index (χ0n) is 9.20. The number of carbonyl (C=O) groups is 2. The minimum atomic E-state index is -1.22. The van der Waals surface area contributed by atoms with Crippen LogP contribution in [0.1, 0.15) is 22.7 Å². The molecule has 2 rings (SSSR count). The minimum absolute atomic E-state index is 0.0430. The first-order chi connectivity index (χ1) is 8.50. The molecule has 2 aromatic heterocycles. The Morgan fingerprint density at radius 3 is 2.61 bits per heavy atom. The fraction of sp³-hybridized carbons (Fsp3) is 0.182. The van der Waals surface area contributed by atoms with Crippen LogP contribution < -0.4 is 0 Å². The number of aryl methyl sites for hydroxylation is 1. The largest absolute Gasteiger partial charge is 0.494 e. The fourth-order valence-corrected chi connectivity index (χ4v) is 1.73. The Labute approximate surface area is 101 Å². The first kappa shape index (κ1) is 11.9. The number of hydrogen-bond donors (Lipinski definition) is 3. The van der Waals surface area contributed by atoms with E-state index in [4.69, 9.17) is 10.2 Å². The van der Waals surface area contributed by atoms with Crippen molar-refractivity contribution in [3.05, 3.63) is 29.7 Å². The van der Waals surface area contributed by atoms with Gasteiger partial charge in [-0.1, -0.05) is 6.07 Å². The third kappa shape index (κ3) is 1.97. The standard InChI is InChI=1S/C11H10N2O5/c14-8-3-1-2-6-10(11(17)18)12-7(13(6)8)4-5-9(15)16/h1-3,14H,4-5H2,(H,15,16)(H,17,18). The van der Waals surface area contributed by atoms with Gasteiger partial charge in [0.1, 0.15) is 5.82 Å². The van der Waals surface area contributed by atoms with Gasteiger partial charge in [0.2, 0.25) is 0 Å². The summed E-state index contributed by atoms with van der Waals surface area (Å²) in [7, 11) is 0. The van der Waals surface area contributed by atoms with E-state index in [2.05, 4.69) is 4.98 Å². The number of carboxylic acids is 2. The molecule has 0 aliphatic heterocycles. The van der Waals surface area contributed by atoms with Crippen molar-refractivity contribution in [2.24, 2.45) is 0 Å². The van der Waals surface area contributed by atoms with Gasteiger partial charge in [-0.25, -0.2) is 9.78 Å². The number of aromatic nitrogens is 2. The summed E-state index contributed by atoms with van der Waals surface area (Å²) in [5.41, 5.74) is 0.0363. The third-order valence-electron chi connectivity index (χ3n) is 2.48. The number of fused-ring (bicyclic) bond motifs is 1. The van der Waals surface area contributed by atoms with Crippen molar-refractivity contribution in [2.75, 3.05) is 0 Å². The van der Waals surface area contributed by atoms with Crippen LogP contribution in [-0.2, 0) is 11.2 Å². The van der Waals surface area contributed by atoms with Gasteiger partial charge in [0.05, 0.1) is 11.9 Å². The van der Waals surface area contributed by atoms with Gasteiger partial charge in [-0.05, 0) is 12.1 Å². The Balaban J connectivity index is 2.58. The van der Waals surface area contributed by atoms with Crippen LogP contribution in [0.3, 0.4) is 0 Å². The van der Waals surface area contributed by atoms with Crippen LogP contribution in [0, 0.1) is 0 Å². The summed E-state index contributed by atoms with van der Waals surface area (Å²) in [5, 5.41) is 27.3. The van der Waals surface area contributed by atoms with Crippen molar-refractivity contribution < 1.29 is 24.9 Å². The lowest BCUT2D eigenvalue weighted by Crippen LogP contribution is -2.02. The monoisotopic (exact) mass is 250 g/mol. The maximum atomic E-state index is 11.0.